The Kier molecular flexibility index (Phi) is 14.0. The van der Waals surface area contributed by atoms with Crippen LogP contribution in [-0.4, -0.2) is 112 Å². The SMILES string of the molecule is CCNC(=O)O[C@H]1[C@H](C)[C@H](O)[C@H](C)[C@@H](O)[C@@H](C)/C=C/C=C(/C)C(=O)N=c2c(O)c3c(O)c(C)c4c(c3c3c2=NC2(CCN(CC(C)C)CC2)N3)C(=O)[C@@](C)(O/C=C/[C@H](OC)[C@H]1C)O4. The van der Waals surface area contributed by atoms with Crippen molar-refractivity contribution in [3.63, 3.8) is 0 Å². The molecule has 6 N–H and O–H groups in total. The molecule has 5 heterocycles. The predicted octanol–water partition coefficient (Wildman–Crippen LogP) is 4.93. The topological polar surface area (TPSA) is 221 Å². The van der Waals surface area contributed by atoms with E-state index in [2.05, 4.69) is 34.4 Å². The quantitative estimate of drug-likeness (QED) is 0.220. The maximum atomic E-state index is 14.8. The number of ketones is 1. The maximum Gasteiger partial charge on any atom is 0.407 e. The number of hydrogen-bond donors (Lipinski definition) is 6. The average molecular weight is 876 g/mol. The number of phenols is 2. The molecule has 5 aliphatic rings. The predicted molar refractivity (Wildman–Crippen MR) is 236 cm³/mol. The van der Waals surface area contributed by atoms with Crippen LogP contribution < -0.4 is 26.1 Å². The number of likely N-dealkylation sites (tertiary alicyclic amines) is 1. The number of fused-ring (bicyclic) bond motifs is 13. The summed E-state index contributed by atoms with van der Waals surface area (Å²) in [6.07, 6.45) is 4.24. The van der Waals surface area contributed by atoms with Crippen LogP contribution >= 0.6 is 0 Å². The van der Waals surface area contributed by atoms with Crippen molar-refractivity contribution in [1.29, 1.82) is 0 Å². The van der Waals surface area contributed by atoms with Crippen LogP contribution in [-0.2, 0) is 19.0 Å². The van der Waals surface area contributed by atoms with E-state index in [9.17, 15) is 34.8 Å². The molecule has 0 unspecified atom stereocenters. The molecular formula is C47H65N5O11. The zero-order valence-corrected chi connectivity index (χ0v) is 38.3. The van der Waals surface area contributed by atoms with Gasteiger partial charge in [-0.25, -0.2) is 9.79 Å². The lowest BCUT2D eigenvalue weighted by Crippen LogP contribution is -2.47. The number of aliphatic hydroxyl groups is 2. The first-order chi connectivity index (χ1) is 29.7. The van der Waals surface area contributed by atoms with E-state index < -0.39 is 83.1 Å². The zero-order chi connectivity index (χ0) is 46.3. The Morgan fingerprint density at radius 2 is 1.68 bits per heavy atom. The molecule has 0 aromatic heterocycles. The third-order valence-corrected chi connectivity index (χ3v) is 13.2. The van der Waals surface area contributed by atoms with Gasteiger partial charge in [0, 0.05) is 93.2 Å². The molecule has 9 atom stereocenters. The summed E-state index contributed by atoms with van der Waals surface area (Å²) in [5.74, 6) is -6.15. The van der Waals surface area contributed by atoms with Gasteiger partial charge in [-0.05, 0) is 32.8 Å². The summed E-state index contributed by atoms with van der Waals surface area (Å²) < 4.78 is 24.2. The van der Waals surface area contributed by atoms with E-state index in [1.165, 1.54) is 20.3 Å². The van der Waals surface area contributed by atoms with E-state index in [1.807, 2.05) is 0 Å². The van der Waals surface area contributed by atoms with Crippen LogP contribution in [0.2, 0.25) is 0 Å². The maximum absolute atomic E-state index is 14.8. The normalized spacial score (nSPS) is 31.9. The number of nitrogens with one attached hydrogen (secondary N) is 2. The Morgan fingerprint density at radius 1 is 1.00 bits per heavy atom. The van der Waals surface area contributed by atoms with Crippen LogP contribution in [0.4, 0.5) is 10.5 Å². The summed E-state index contributed by atoms with van der Waals surface area (Å²) >= 11 is 0. The fourth-order valence-electron chi connectivity index (χ4n) is 9.36. The molecule has 0 saturated carbocycles. The summed E-state index contributed by atoms with van der Waals surface area (Å²) in [5, 5.41) is 53.4. The summed E-state index contributed by atoms with van der Waals surface area (Å²) in [6, 6.07) is 0. The second-order valence-electron chi connectivity index (χ2n) is 18.3. The Labute approximate surface area is 368 Å². The first-order valence-corrected chi connectivity index (χ1v) is 22.0. The smallest absolute Gasteiger partial charge is 0.407 e. The van der Waals surface area contributed by atoms with Crippen LogP contribution in [0.15, 0.2) is 46.1 Å². The number of carbonyl (C=O) groups is 3. The summed E-state index contributed by atoms with van der Waals surface area (Å²) in [7, 11) is 1.47. The fourth-order valence-corrected chi connectivity index (χ4v) is 9.36. The Bertz CT molecular complexity index is 2330. The number of nitrogens with zero attached hydrogens (tertiary/aromatic N) is 3. The molecule has 16 heteroatoms. The number of allylic oxidation sites excluding steroid dienone is 2. The number of ether oxygens (including phenoxy) is 4. The van der Waals surface area contributed by atoms with Gasteiger partial charge < -0.3 is 54.9 Å². The minimum absolute atomic E-state index is 0.0496. The number of amides is 2. The van der Waals surface area contributed by atoms with Crippen LogP contribution in [0.5, 0.6) is 17.2 Å². The number of Topliss-reactive ketones (excluding diaryl/α,β-unsaturated/α-hetero) is 1. The van der Waals surface area contributed by atoms with E-state index in [0.29, 0.717) is 31.0 Å². The molecule has 2 aromatic rings. The van der Waals surface area contributed by atoms with E-state index in [0.717, 1.165) is 19.6 Å². The number of alkyl carbamates (subject to hydrolysis) is 1. The zero-order valence-electron chi connectivity index (χ0n) is 38.3. The van der Waals surface area contributed by atoms with Crippen molar-refractivity contribution in [3.8, 4) is 17.2 Å². The number of benzene rings is 2. The van der Waals surface area contributed by atoms with Crippen LogP contribution in [0.1, 0.15) is 91.1 Å². The minimum Gasteiger partial charge on any atom is -0.507 e. The number of methoxy groups -OCH3 is 1. The monoisotopic (exact) mass is 875 g/mol. The van der Waals surface area contributed by atoms with E-state index in [-0.39, 0.29) is 49.7 Å². The van der Waals surface area contributed by atoms with Gasteiger partial charge >= 0.3 is 11.9 Å². The average Bonchev–Trinajstić information content (AvgIpc) is 3.74. The van der Waals surface area contributed by atoms with Gasteiger partial charge in [-0.3, -0.25) is 14.6 Å². The van der Waals surface area contributed by atoms with Crippen molar-refractivity contribution < 1.29 is 53.8 Å². The number of carbonyl (C=O) groups excluding carboxylic acids is 3. The summed E-state index contributed by atoms with van der Waals surface area (Å²) in [4.78, 5) is 53.5. The largest absolute Gasteiger partial charge is 0.507 e. The van der Waals surface area contributed by atoms with Gasteiger partial charge in [0.05, 0.1) is 41.2 Å². The van der Waals surface area contributed by atoms with Crippen molar-refractivity contribution in [3.05, 3.63) is 58.0 Å². The molecule has 16 nitrogen and oxygen atoms in total. The minimum atomic E-state index is -1.96. The first kappa shape index (κ1) is 47.4. The van der Waals surface area contributed by atoms with Gasteiger partial charge in [0.25, 0.3) is 11.7 Å². The van der Waals surface area contributed by atoms with Gasteiger partial charge in [0.2, 0.25) is 0 Å². The number of phenolic OH excluding ortho intramolecular Hbond substituents is 2. The Morgan fingerprint density at radius 3 is 2.32 bits per heavy atom. The number of aromatic hydroxyl groups is 2. The molecule has 2 aromatic carbocycles. The molecule has 63 heavy (non-hydrogen) atoms. The number of hydrogen-bond acceptors (Lipinski definition) is 14. The molecule has 0 aliphatic carbocycles. The first-order valence-electron chi connectivity index (χ1n) is 22.0. The molecule has 5 aliphatic heterocycles. The second-order valence-corrected chi connectivity index (χ2v) is 18.3. The highest BCUT2D eigenvalue weighted by Crippen LogP contribution is 2.51. The van der Waals surface area contributed by atoms with Crippen molar-refractivity contribution in [2.24, 2.45) is 39.6 Å². The molecule has 5 bridgehead atoms. The van der Waals surface area contributed by atoms with E-state index in [1.54, 1.807) is 72.8 Å². The fraction of sp³-hybridized carbons (Fsp3) is 0.596. The van der Waals surface area contributed by atoms with E-state index in [4.69, 9.17) is 23.9 Å². The highest BCUT2D eigenvalue weighted by atomic mass is 16.7. The van der Waals surface area contributed by atoms with Crippen molar-refractivity contribution >= 4 is 34.2 Å². The third-order valence-electron chi connectivity index (χ3n) is 13.2. The highest BCUT2D eigenvalue weighted by molar-refractivity contribution is 6.21. The standard InChI is InChI=1S/C47H65N5O11/c1-12-48-45(59)62-41-26(6)30(60-11)16-21-61-46(10)43(57)33-31-32(39(55)29(9)42(33)63-46)40(56)36(35-34(31)50-47(51-35)17-19-52(20-18-47)22-23(2)3)49-44(58)25(5)15-13-14-24(4)37(53)27(7)38(54)28(41)8/h13-16,21,23-24,26-28,30,37-38,41,50,53-56H,12,17-20,22H2,1-11H3,(H,48,59)/b14-13+,21-16+,25-15-,49-36?/t24-,26+,27+,28+,30-,37-,38+,41+,46-/m0/s1. The number of anilines is 1. The molecule has 1 spiro atoms. The van der Waals surface area contributed by atoms with Gasteiger partial charge in [-0.2, -0.15) is 0 Å². The van der Waals surface area contributed by atoms with Crippen molar-refractivity contribution in [1.82, 2.24) is 10.2 Å². The third kappa shape index (κ3) is 9.04. The van der Waals surface area contributed by atoms with Crippen LogP contribution in [0.3, 0.4) is 0 Å². The Balaban J connectivity index is 1.54. The van der Waals surface area contributed by atoms with Gasteiger partial charge in [0.15, 0.2) is 5.75 Å². The highest BCUT2D eigenvalue weighted by Gasteiger charge is 2.51. The van der Waals surface area contributed by atoms with Crippen LogP contribution in [0.25, 0.3) is 10.8 Å². The lowest BCUT2D eigenvalue weighted by molar-refractivity contribution is -0.114. The number of aliphatic hydroxyl groups excluding tert-OH is 2. The second kappa shape index (κ2) is 18.6. The molecule has 344 valence electrons. The van der Waals surface area contributed by atoms with Crippen molar-refractivity contribution in [2.45, 2.75) is 118 Å². The molecular weight excluding hydrogens is 811 g/mol. The molecule has 0 radical (unpaired) electrons. The summed E-state index contributed by atoms with van der Waals surface area (Å²) in [5.41, 5.74) is -0.131. The molecule has 1 fully saturated rings. The van der Waals surface area contributed by atoms with Crippen LogP contribution in [0, 0.1) is 36.5 Å². The van der Waals surface area contributed by atoms with Gasteiger partial charge in [0.1, 0.15) is 34.0 Å². The molecule has 1 saturated heterocycles. The molecule has 7 rings (SSSR count). The lowest BCUT2D eigenvalue weighted by Gasteiger charge is -2.38. The summed E-state index contributed by atoms with van der Waals surface area (Å²) in [6.45, 7) is 20.3. The number of piperidine rings is 1. The van der Waals surface area contributed by atoms with E-state index >= 15 is 0 Å². The van der Waals surface area contributed by atoms with Gasteiger partial charge in [-0.1, -0.05) is 59.8 Å². The molecule has 2 amide bonds. The lowest BCUT2D eigenvalue weighted by atomic mass is 9.78. The Hall–Kier alpha value is -5.03. The van der Waals surface area contributed by atoms with Crippen molar-refractivity contribution in [2.75, 3.05) is 38.6 Å². The number of rotatable bonds is 5. The van der Waals surface area contributed by atoms with Gasteiger partial charge in [-0.15, -0.1) is 0 Å².